The van der Waals surface area contributed by atoms with E-state index < -0.39 is 10.0 Å². The third-order valence-corrected chi connectivity index (χ3v) is 4.35. The summed E-state index contributed by atoms with van der Waals surface area (Å²) in [6, 6.07) is 6.62. The Kier molecular flexibility index (Phi) is 3.63. The summed E-state index contributed by atoms with van der Waals surface area (Å²) < 4.78 is 5.45. The van der Waals surface area contributed by atoms with Crippen LogP contribution >= 0.6 is 10.0 Å². The van der Waals surface area contributed by atoms with Crippen molar-refractivity contribution in [2.45, 2.75) is 31.1 Å². The first-order valence-corrected chi connectivity index (χ1v) is 8.39. The highest BCUT2D eigenvalue weighted by Crippen LogP contribution is 2.47. The number of rotatable bonds is 2. The molecule has 1 aromatic carbocycles. The molecule has 16 heavy (non-hydrogen) atoms. The van der Waals surface area contributed by atoms with E-state index in [9.17, 15) is 0 Å². The van der Waals surface area contributed by atoms with Crippen LogP contribution in [0.4, 0.5) is 0 Å². The van der Waals surface area contributed by atoms with Crippen LogP contribution in [0.5, 0.6) is 5.75 Å². The Labute approximate surface area is 102 Å². The number of methoxy groups -OCH3 is 1. The van der Waals surface area contributed by atoms with Crippen LogP contribution in [0, 0.1) is 0 Å². The van der Waals surface area contributed by atoms with E-state index in [1.807, 2.05) is 0 Å². The first kappa shape index (κ1) is 13.4. The molecule has 0 aliphatic carbocycles. The van der Waals surface area contributed by atoms with Gasteiger partial charge in [0.2, 0.25) is 0 Å². The lowest BCUT2D eigenvalue weighted by Crippen LogP contribution is -2.13. The van der Waals surface area contributed by atoms with Gasteiger partial charge in [-0.05, 0) is 47.3 Å². The number of hydrogen-bond donors (Lipinski definition) is 0. The van der Waals surface area contributed by atoms with Crippen LogP contribution < -0.4 is 4.74 Å². The molecule has 0 bridgehead atoms. The van der Waals surface area contributed by atoms with Gasteiger partial charge >= 0.3 is 0 Å². The number of hydrogen-bond acceptors (Lipinski definition) is 1. The minimum Gasteiger partial charge on any atom is -0.496 e. The largest absolute Gasteiger partial charge is 0.496 e. The topological polar surface area (TPSA) is 9.23 Å². The second-order valence-electron chi connectivity index (χ2n) is 5.95. The predicted molar refractivity (Wildman–Crippen MR) is 75.3 cm³/mol. The molecule has 0 atom stereocenters. The molecule has 0 amide bonds. The average molecular weight is 240 g/mol. The van der Waals surface area contributed by atoms with Gasteiger partial charge in [0.15, 0.2) is 0 Å². The molecule has 0 unspecified atom stereocenters. The molecule has 0 heterocycles. The lowest BCUT2D eigenvalue weighted by atomic mass is 9.86. The van der Waals surface area contributed by atoms with Crippen molar-refractivity contribution < 1.29 is 4.74 Å². The minimum atomic E-state index is -0.666. The molecule has 0 radical (unpaired) electrons. The summed E-state index contributed by atoms with van der Waals surface area (Å²) in [6.07, 6.45) is 6.96. The SMILES string of the molecule is COc1ccc(S(C)(C)C)cc1C(C)(C)C. The third-order valence-electron chi connectivity index (χ3n) is 2.69. The zero-order valence-corrected chi connectivity index (χ0v) is 12.4. The molecule has 0 aromatic heterocycles. The van der Waals surface area contributed by atoms with E-state index in [0.29, 0.717) is 0 Å². The smallest absolute Gasteiger partial charge is 0.122 e. The number of ether oxygens (including phenoxy) is 1. The summed E-state index contributed by atoms with van der Waals surface area (Å²) in [6.45, 7) is 6.69. The van der Waals surface area contributed by atoms with Crippen LogP contribution in [0.25, 0.3) is 0 Å². The van der Waals surface area contributed by atoms with E-state index in [4.69, 9.17) is 4.74 Å². The van der Waals surface area contributed by atoms with Crippen molar-refractivity contribution in [1.29, 1.82) is 0 Å². The first-order valence-electron chi connectivity index (χ1n) is 5.53. The van der Waals surface area contributed by atoms with Crippen LogP contribution in [0.2, 0.25) is 0 Å². The van der Waals surface area contributed by atoms with Crippen molar-refractivity contribution in [3.05, 3.63) is 23.8 Å². The fourth-order valence-corrected chi connectivity index (χ4v) is 2.60. The fraction of sp³-hybridized carbons (Fsp3) is 0.571. The van der Waals surface area contributed by atoms with Gasteiger partial charge in [-0.25, -0.2) is 10.0 Å². The Bertz CT molecular complexity index is 369. The highest BCUT2D eigenvalue weighted by Gasteiger charge is 2.21. The Hall–Kier alpha value is -0.630. The predicted octanol–water partition coefficient (Wildman–Crippen LogP) is 4.05. The Morgan fingerprint density at radius 1 is 1.06 bits per heavy atom. The molecule has 2 heteroatoms. The molecule has 1 rings (SSSR count). The van der Waals surface area contributed by atoms with E-state index in [1.165, 1.54) is 10.5 Å². The molecule has 1 nitrogen and oxygen atoms in total. The van der Waals surface area contributed by atoms with Crippen LogP contribution in [-0.2, 0) is 5.41 Å². The summed E-state index contributed by atoms with van der Waals surface area (Å²) in [4.78, 5) is 1.44. The monoisotopic (exact) mass is 240 g/mol. The summed E-state index contributed by atoms with van der Waals surface area (Å²) in [5.41, 5.74) is 1.43. The molecular weight excluding hydrogens is 216 g/mol. The van der Waals surface area contributed by atoms with Gasteiger partial charge in [-0.1, -0.05) is 20.8 Å². The molecule has 0 fully saturated rings. The van der Waals surface area contributed by atoms with Gasteiger partial charge in [0.05, 0.1) is 7.11 Å². The van der Waals surface area contributed by atoms with Gasteiger partial charge < -0.3 is 4.74 Å². The van der Waals surface area contributed by atoms with Gasteiger partial charge in [0.25, 0.3) is 0 Å². The Morgan fingerprint density at radius 2 is 1.62 bits per heavy atom. The van der Waals surface area contributed by atoms with Crippen molar-refractivity contribution in [2.75, 3.05) is 25.9 Å². The van der Waals surface area contributed by atoms with Gasteiger partial charge in [-0.3, -0.25) is 0 Å². The summed E-state index contributed by atoms with van der Waals surface area (Å²) in [5, 5.41) is 0. The molecule has 0 spiro atoms. The van der Waals surface area contributed by atoms with E-state index >= 15 is 0 Å². The van der Waals surface area contributed by atoms with E-state index in [0.717, 1.165) is 5.75 Å². The second-order valence-corrected chi connectivity index (χ2v) is 10.1. The standard InChI is InChI=1S/C14H24OS/c1-14(2,3)12-10-11(16(5,6)7)8-9-13(12)15-4/h8-10H,1-7H3. The van der Waals surface area contributed by atoms with E-state index in [-0.39, 0.29) is 5.41 Å². The maximum absolute atomic E-state index is 5.45. The van der Waals surface area contributed by atoms with Crippen molar-refractivity contribution in [2.24, 2.45) is 0 Å². The van der Waals surface area contributed by atoms with Crippen molar-refractivity contribution >= 4 is 10.0 Å². The molecular formula is C14H24OS. The van der Waals surface area contributed by atoms with Crippen molar-refractivity contribution in [1.82, 2.24) is 0 Å². The lowest BCUT2D eigenvalue weighted by molar-refractivity contribution is 0.397. The summed E-state index contributed by atoms with van der Waals surface area (Å²) in [5.74, 6) is 1.000. The third kappa shape index (κ3) is 2.94. The van der Waals surface area contributed by atoms with E-state index in [2.05, 4.69) is 57.7 Å². The average Bonchev–Trinajstić information content (AvgIpc) is 2.14. The summed E-state index contributed by atoms with van der Waals surface area (Å²) in [7, 11) is 1.08. The maximum Gasteiger partial charge on any atom is 0.122 e. The lowest BCUT2D eigenvalue weighted by Gasteiger charge is -2.29. The maximum atomic E-state index is 5.45. The highest BCUT2D eigenvalue weighted by atomic mass is 32.3. The normalized spacial score (nSPS) is 13.7. The minimum absolute atomic E-state index is 0.131. The van der Waals surface area contributed by atoms with Crippen molar-refractivity contribution in [3.8, 4) is 5.75 Å². The molecule has 0 saturated carbocycles. The van der Waals surface area contributed by atoms with Crippen LogP contribution in [0.3, 0.4) is 0 Å². The molecule has 0 aliphatic rings. The number of benzene rings is 1. The van der Waals surface area contributed by atoms with Gasteiger partial charge in [-0.15, -0.1) is 0 Å². The fourth-order valence-electron chi connectivity index (χ4n) is 1.65. The highest BCUT2D eigenvalue weighted by molar-refractivity contribution is 8.32. The molecule has 1 aromatic rings. The molecule has 0 aliphatic heterocycles. The first-order chi connectivity index (χ1) is 7.16. The van der Waals surface area contributed by atoms with Gasteiger partial charge in [0.1, 0.15) is 5.75 Å². The van der Waals surface area contributed by atoms with E-state index in [1.54, 1.807) is 7.11 Å². The molecule has 0 N–H and O–H groups in total. The van der Waals surface area contributed by atoms with Gasteiger partial charge in [0, 0.05) is 5.56 Å². The van der Waals surface area contributed by atoms with Crippen LogP contribution in [0.15, 0.2) is 23.1 Å². The Balaban J connectivity index is 3.34. The van der Waals surface area contributed by atoms with Crippen LogP contribution in [0.1, 0.15) is 26.3 Å². The quantitative estimate of drug-likeness (QED) is 0.758. The van der Waals surface area contributed by atoms with Gasteiger partial charge in [-0.2, -0.15) is 0 Å². The Morgan fingerprint density at radius 3 is 2.00 bits per heavy atom. The second kappa shape index (κ2) is 4.33. The van der Waals surface area contributed by atoms with Crippen molar-refractivity contribution in [3.63, 3.8) is 0 Å². The molecule has 0 saturated heterocycles. The molecule has 92 valence electrons. The summed E-state index contributed by atoms with van der Waals surface area (Å²) >= 11 is 0. The zero-order chi connectivity index (χ0) is 12.6. The zero-order valence-electron chi connectivity index (χ0n) is 11.5. The van der Waals surface area contributed by atoms with Crippen LogP contribution in [-0.4, -0.2) is 25.9 Å².